The molecule has 1 atom stereocenters. The lowest BCUT2D eigenvalue weighted by molar-refractivity contribution is 0.647. The Hall–Kier alpha value is -0.300. The van der Waals surface area contributed by atoms with E-state index in [1.165, 1.54) is 17.5 Å². The molecule has 0 aliphatic heterocycles. The fourth-order valence-electron chi connectivity index (χ4n) is 1.44. The largest absolute Gasteiger partial charge is 0.0842 e. The van der Waals surface area contributed by atoms with E-state index in [9.17, 15) is 0 Å². The normalized spacial score (nSPS) is 13.3. The second-order valence-electron chi connectivity index (χ2n) is 3.96. The Labute approximate surface area is 89.5 Å². The number of hydrogen-bond acceptors (Lipinski definition) is 0. The summed E-state index contributed by atoms with van der Waals surface area (Å²) in [7, 11) is 0. The van der Waals surface area contributed by atoms with Crippen molar-refractivity contribution in [3.05, 3.63) is 35.4 Å². The van der Waals surface area contributed by atoms with E-state index in [1.807, 2.05) is 0 Å². The van der Waals surface area contributed by atoms with Gasteiger partial charge in [0.15, 0.2) is 0 Å². The first kappa shape index (κ1) is 10.8. The highest BCUT2D eigenvalue weighted by Gasteiger charge is 2.02. The molecule has 0 N–H and O–H groups in total. The third kappa shape index (κ3) is 3.51. The van der Waals surface area contributed by atoms with Crippen LogP contribution in [0.3, 0.4) is 0 Å². The number of hydrogen-bond donors (Lipinski definition) is 0. The SMILES string of the molecule is CC(C)Cc1cccc(C(C)Br)c1. The molecule has 1 aromatic carbocycles. The van der Waals surface area contributed by atoms with Crippen LogP contribution in [0.1, 0.15) is 36.7 Å². The van der Waals surface area contributed by atoms with Crippen LogP contribution in [-0.4, -0.2) is 0 Å². The quantitative estimate of drug-likeness (QED) is 0.690. The molecule has 1 unspecified atom stereocenters. The van der Waals surface area contributed by atoms with Crippen molar-refractivity contribution < 1.29 is 0 Å². The van der Waals surface area contributed by atoms with E-state index in [0.29, 0.717) is 4.83 Å². The molecular formula is C12H17Br. The van der Waals surface area contributed by atoms with Gasteiger partial charge in [0.05, 0.1) is 0 Å². The van der Waals surface area contributed by atoms with Gasteiger partial charge in [0.25, 0.3) is 0 Å². The minimum absolute atomic E-state index is 0.458. The highest BCUT2D eigenvalue weighted by Crippen LogP contribution is 2.22. The van der Waals surface area contributed by atoms with Crippen molar-refractivity contribution in [3.8, 4) is 0 Å². The first-order valence-corrected chi connectivity index (χ1v) is 5.74. The summed E-state index contributed by atoms with van der Waals surface area (Å²) in [6.45, 7) is 6.67. The second-order valence-corrected chi connectivity index (χ2v) is 5.33. The molecule has 1 aromatic rings. The highest BCUT2D eigenvalue weighted by atomic mass is 79.9. The molecule has 13 heavy (non-hydrogen) atoms. The van der Waals surface area contributed by atoms with Gasteiger partial charge in [0.2, 0.25) is 0 Å². The van der Waals surface area contributed by atoms with Crippen LogP contribution in [0.25, 0.3) is 0 Å². The lowest BCUT2D eigenvalue weighted by Gasteiger charge is -2.08. The maximum Gasteiger partial charge on any atom is 0.0367 e. The number of rotatable bonds is 3. The van der Waals surface area contributed by atoms with Gasteiger partial charge in [0, 0.05) is 4.83 Å². The zero-order valence-corrected chi connectivity index (χ0v) is 10.1. The average molecular weight is 241 g/mol. The monoisotopic (exact) mass is 240 g/mol. The Balaban J connectivity index is 2.79. The van der Waals surface area contributed by atoms with E-state index in [0.717, 1.165) is 5.92 Å². The van der Waals surface area contributed by atoms with Gasteiger partial charge in [-0.1, -0.05) is 54.0 Å². The van der Waals surface area contributed by atoms with E-state index >= 15 is 0 Å². The fraction of sp³-hybridized carbons (Fsp3) is 0.500. The average Bonchev–Trinajstić information content (AvgIpc) is 2.03. The first-order valence-electron chi connectivity index (χ1n) is 4.82. The summed E-state index contributed by atoms with van der Waals surface area (Å²) < 4.78 is 0. The molecule has 0 spiro atoms. The summed E-state index contributed by atoms with van der Waals surface area (Å²) in [5, 5.41) is 0. The zero-order chi connectivity index (χ0) is 9.84. The molecule has 72 valence electrons. The van der Waals surface area contributed by atoms with Gasteiger partial charge in [-0.15, -0.1) is 0 Å². The summed E-state index contributed by atoms with van der Waals surface area (Å²) in [6.07, 6.45) is 1.17. The van der Waals surface area contributed by atoms with E-state index < -0.39 is 0 Å². The van der Waals surface area contributed by atoms with Crippen LogP contribution >= 0.6 is 15.9 Å². The van der Waals surface area contributed by atoms with Crippen LogP contribution in [0.4, 0.5) is 0 Å². The van der Waals surface area contributed by atoms with Crippen LogP contribution in [0, 0.1) is 5.92 Å². The predicted octanol–water partition coefficient (Wildman–Crippen LogP) is 4.34. The van der Waals surface area contributed by atoms with Gasteiger partial charge < -0.3 is 0 Å². The van der Waals surface area contributed by atoms with Crippen LogP contribution in [0.15, 0.2) is 24.3 Å². The molecular weight excluding hydrogens is 224 g/mol. The number of alkyl halides is 1. The van der Waals surface area contributed by atoms with Crippen molar-refractivity contribution in [3.63, 3.8) is 0 Å². The molecule has 0 aliphatic carbocycles. The van der Waals surface area contributed by atoms with Gasteiger partial charge >= 0.3 is 0 Å². The first-order chi connectivity index (χ1) is 6.09. The van der Waals surface area contributed by atoms with Crippen molar-refractivity contribution in [1.29, 1.82) is 0 Å². The van der Waals surface area contributed by atoms with Crippen molar-refractivity contribution in [2.45, 2.75) is 32.0 Å². The molecule has 1 rings (SSSR count). The van der Waals surface area contributed by atoms with Gasteiger partial charge in [-0.3, -0.25) is 0 Å². The number of halogens is 1. The molecule has 0 saturated carbocycles. The summed E-state index contributed by atoms with van der Waals surface area (Å²) in [5.74, 6) is 0.737. The van der Waals surface area contributed by atoms with Crippen LogP contribution in [0.5, 0.6) is 0 Å². The Kier molecular flexibility index (Phi) is 3.98. The number of benzene rings is 1. The van der Waals surface area contributed by atoms with Gasteiger partial charge in [-0.25, -0.2) is 0 Å². The van der Waals surface area contributed by atoms with Crippen LogP contribution in [0.2, 0.25) is 0 Å². The third-order valence-corrected chi connectivity index (χ3v) is 2.58. The van der Waals surface area contributed by atoms with Crippen molar-refractivity contribution >= 4 is 15.9 Å². The Bertz CT molecular complexity index is 264. The predicted molar refractivity (Wildman–Crippen MR) is 62.3 cm³/mol. The van der Waals surface area contributed by atoms with Gasteiger partial charge in [-0.2, -0.15) is 0 Å². The van der Waals surface area contributed by atoms with Crippen molar-refractivity contribution in [2.24, 2.45) is 5.92 Å². The topological polar surface area (TPSA) is 0 Å². The maximum absolute atomic E-state index is 3.58. The molecule has 0 aromatic heterocycles. The Morgan fingerprint density at radius 1 is 1.23 bits per heavy atom. The minimum atomic E-state index is 0.458. The van der Waals surface area contributed by atoms with E-state index in [4.69, 9.17) is 0 Å². The molecule has 0 aliphatic rings. The maximum atomic E-state index is 3.58. The third-order valence-electron chi connectivity index (χ3n) is 2.05. The molecule has 0 bridgehead atoms. The van der Waals surface area contributed by atoms with Crippen LogP contribution in [-0.2, 0) is 6.42 Å². The molecule has 0 amide bonds. The van der Waals surface area contributed by atoms with E-state index in [2.05, 4.69) is 61.0 Å². The highest BCUT2D eigenvalue weighted by molar-refractivity contribution is 9.09. The van der Waals surface area contributed by atoms with E-state index in [-0.39, 0.29) is 0 Å². The minimum Gasteiger partial charge on any atom is -0.0842 e. The lowest BCUT2D eigenvalue weighted by Crippen LogP contribution is -1.95. The standard InChI is InChI=1S/C12H17Br/c1-9(2)7-11-5-4-6-12(8-11)10(3)13/h4-6,8-10H,7H2,1-3H3. The lowest BCUT2D eigenvalue weighted by atomic mass is 10.0. The molecule has 0 heterocycles. The second kappa shape index (κ2) is 4.80. The fourth-order valence-corrected chi connectivity index (χ4v) is 1.72. The summed E-state index contributed by atoms with van der Waals surface area (Å²) in [5.41, 5.74) is 2.82. The van der Waals surface area contributed by atoms with Gasteiger partial charge in [-0.05, 0) is 30.4 Å². The van der Waals surface area contributed by atoms with Crippen molar-refractivity contribution in [1.82, 2.24) is 0 Å². The van der Waals surface area contributed by atoms with Gasteiger partial charge in [0.1, 0.15) is 0 Å². The summed E-state index contributed by atoms with van der Waals surface area (Å²) in [6, 6.07) is 8.81. The molecule has 0 nitrogen and oxygen atoms in total. The van der Waals surface area contributed by atoms with Crippen LogP contribution < -0.4 is 0 Å². The smallest absolute Gasteiger partial charge is 0.0367 e. The molecule has 0 saturated heterocycles. The molecule has 0 radical (unpaired) electrons. The Morgan fingerprint density at radius 3 is 2.46 bits per heavy atom. The summed E-state index contributed by atoms with van der Waals surface area (Å²) in [4.78, 5) is 0.458. The molecule has 0 fully saturated rings. The zero-order valence-electron chi connectivity index (χ0n) is 8.55. The van der Waals surface area contributed by atoms with E-state index in [1.54, 1.807) is 0 Å². The van der Waals surface area contributed by atoms with Crippen molar-refractivity contribution in [2.75, 3.05) is 0 Å². The summed E-state index contributed by atoms with van der Waals surface area (Å²) >= 11 is 3.58. The molecule has 1 heteroatoms. The Morgan fingerprint density at radius 2 is 1.92 bits per heavy atom.